The number of carbonyl (C=O) groups is 2. The van der Waals surface area contributed by atoms with E-state index in [1.54, 1.807) is 6.07 Å². The number of anilines is 1. The fraction of sp³-hybridized carbons (Fsp3) is 0.389. The number of rotatable bonds is 7. The number of benzene rings is 1. The zero-order valence-electron chi connectivity index (χ0n) is 15.2. The Kier molecular flexibility index (Phi) is 6.26. The van der Waals surface area contributed by atoms with Gasteiger partial charge in [-0.05, 0) is 44.0 Å². The molecule has 26 heavy (non-hydrogen) atoms. The Balaban J connectivity index is 2.02. The van der Waals surface area contributed by atoms with Crippen molar-refractivity contribution in [1.82, 2.24) is 9.78 Å². The molecule has 1 atom stereocenters. The van der Waals surface area contributed by atoms with E-state index in [-0.39, 0.29) is 22.6 Å². The number of carbonyl (C=O) groups excluding carboxylic acids is 1. The van der Waals surface area contributed by atoms with Crippen LogP contribution >= 0.6 is 11.6 Å². The third kappa shape index (κ3) is 4.76. The van der Waals surface area contributed by atoms with Crippen molar-refractivity contribution >= 4 is 29.2 Å². The lowest BCUT2D eigenvalue weighted by atomic mass is 9.99. The number of hydrogen-bond donors (Lipinski definition) is 2. The molecule has 140 valence electrons. The summed E-state index contributed by atoms with van der Waals surface area (Å²) < 4.78 is 6.87. The number of halogens is 1. The third-order valence-electron chi connectivity index (χ3n) is 4.17. The van der Waals surface area contributed by atoms with Crippen molar-refractivity contribution in [2.75, 3.05) is 11.9 Å². The Morgan fingerprint density at radius 2 is 2.08 bits per heavy atom. The molecule has 1 aromatic heterocycles. The van der Waals surface area contributed by atoms with Crippen molar-refractivity contribution in [3.05, 3.63) is 40.2 Å². The minimum absolute atomic E-state index is 0.136. The Morgan fingerprint density at radius 3 is 2.62 bits per heavy atom. The smallest absolute Gasteiger partial charge is 0.341 e. The Labute approximate surface area is 156 Å². The maximum atomic E-state index is 12.5. The van der Waals surface area contributed by atoms with Gasteiger partial charge in [-0.15, -0.1) is 0 Å². The third-order valence-corrected chi connectivity index (χ3v) is 4.46. The van der Waals surface area contributed by atoms with E-state index < -0.39 is 12.6 Å². The van der Waals surface area contributed by atoms with Crippen LogP contribution in [0.3, 0.4) is 0 Å². The van der Waals surface area contributed by atoms with Crippen molar-refractivity contribution in [2.45, 2.75) is 27.2 Å². The minimum Gasteiger partial charge on any atom is -0.480 e. The molecule has 0 saturated carbocycles. The lowest BCUT2D eigenvalue weighted by Crippen LogP contribution is -2.22. The molecule has 1 aromatic carbocycles. The predicted octanol–water partition coefficient (Wildman–Crippen LogP) is 2.97. The number of amides is 1. The van der Waals surface area contributed by atoms with Crippen molar-refractivity contribution in [1.29, 1.82) is 0 Å². The SMILES string of the molecule is Cc1nn(C)c(C)c1CC(C)C(=O)Nc1ccc(OCC(=O)O)c(Cl)c1. The molecule has 0 aliphatic rings. The van der Waals surface area contributed by atoms with Crippen molar-refractivity contribution < 1.29 is 19.4 Å². The van der Waals surface area contributed by atoms with Gasteiger partial charge in [-0.3, -0.25) is 9.48 Å². The van der Waals surface area contributed by atoms with Gasteiger partial charge in [0.25, 0.3) is 0 Å². The molecule has 0 saturated heterocycles. The number of carboxylic acid groups (broad SMARTS) is 1. The molecule has 0 aliphatic heterocycles. The monoisotopic (exact) mass is 379 g/mol. The number of nitrogens with zero attached hydrogens (tertiary/aromatic N) is 2. The molecule has 2 aromatic rings. The van der Waals surface area contributed by atoms with Crippen LogP contribution in [0, 0.1) is 19.8 Å². The van der Waals surface area contributed by atoms with E-state index in [0.29, 0.717) is 12.1 Å². The van der Waals surface area contributed by atoms with Gasteiger partial charge in [-0.2, -0.15) is 5.10 Å². The molecule has 0 fully saturated rings. The number of aliphatic carboxylic acids is 1. The molecule has 7 nitrogen and oxygen atoms in total. The second kappa shape index (κ2) is 8.23. The second-order valence-electron chi connectivity index (χ2n) is 6.20. The van der Waals surface area contributed by atoms with Crippen molar-refractivity contribution in [3.8, 4) is 5.75 Å². The van der Waals surface area contributed by atoms with E-state index in [2.05, 4.69) is 10.4 Å². The molecule has 1 amide bonds. The molecule has 1 heterocycles. The van der Waals surface area contributed by atoms with E-state index in [9.17, 15) is 9.59 Å². The topological polar surface area (TPSA) is 93.5 Å². The molecule has 0 aliphatic carbocycles. The maximum Gasteiger partial charge on any atom is 0.341 e. The average Bonchev–Trinajstić information content (AvgIpc) is 2.80. The van der Waals surface area contributed by atoms with Crippen LogP contribution in [0.1, 0.15) is 23.9 Å². The zero-order valence-corrected chi connectivity index (χ0v) is 15.9. The molecule has 0 spiro atoms. The summed E-state index contributed by atoms with van der Waals surface area (Å²) in [5.41, 5.74) is 3.57. The summed E-state index contributed by atoms with van der Waals surface area (Å²) in [7, 11) is 1.88. The largest absolute Gasteiger partial charge is 0.480 e. The standard InChI is InChI=1S/C18H22ClN3O4/c1-10(7-14-11(2)21-22(4)12(14)3)18(25)20-13-5-6-16(15(19)8-13)26-9-17(23)24/h5-6,8,10H,7,9H2,1-4H3,(H,20,25)(H,23,24). The van der Waals surface area contributed by atoms with Gasteiger partial charge in [0.1, 0.15) is 5.75 Å². The lowest BCUT2D eigenvalue weighted by Gasteiger charge is -2.14. The first-order valence-electron chi connectivity index (χ1n) is 8.13. The predicted molar refractivity (Wildman–Crippen MR) is 98.8 cm³/mol. The lowest BCUT2D eigenvalue weighted by molar-refractivity contribution is -0.139. The van der Waals surface area contributed by atoms with Crippen LogP contribution in [-0.2, 0) is 23.1 Å². The number of ether oxygens (including phenoxy) is 1. The molecule has 8 heteroatoms. The molecule has 0 bridgehead atoms. The molecule has 2 N–H and O–H groups in total. The molecule has 0 radical (unpaired) electrons. The molecular weight excluding hydrogens is 358 g/mol. The number of aromatic nitrogens is 2. The minimum atomic E-state index is -1.09. The highest BCUT2D eigenvalue weighted by Gasteiger charge is 2.19. The quantitative estimate of drug-likeness (QED) is 0.771. The van der Waals surface area contributed by atoms with Gasteiger partial charge in [0.05, 0.1) is 10.7 Å². The average molecular weight is 380 g/mol. The normalized spacial score (nSPS) is 11.9. The highest BCUT2D eigenvalue weighted by Crippen LogP contribution is 2.28. The number of aryl methyl sites for hydroxylation is 2. The van der Waals surface area contributed by atoms with Gasteiger partial charge in [-0.1, -0.05) is 18.5 Å². The summed E-state index contributed by atoms with van der Waals surface area (Å²) in [5.74, 6) is -1.23. The first-order chi connectivity index (χ1) is 12.2. The van der Waals surface area contributed by atoms with Gasteiger partial charge < -0.3 is 15.2 Å². The van der Waals surface area contributed by atoms with Crippen LogP contribution < -0.4 is 10.1 Å². The zero-order chi connectivity index (χ0) is 19.4. The maximum absolute atomic E-state index is 12.5. The van der Waals surface area contributed by atoms with Gasteiger partial charge in [0, 0.05) is 24.3 Å². The summed E-state index contributed by atoms with van der Waals surface area (Å²) in [5, 5.41) is 16.1. The summed E-state index contributed by atoms with van der Waals surface area (Å²) in [4.78, 5) is 23.0. The number of carboxylic acids is 1. The van der Waals surface area contributed by atoms with Crippen molar-refractivity contribution in [3.63, 3.8) is 0 Å². The highest BCUT2D eigenvalue weighted by atomic mass is 35.5. The van der Waals surface area contributed by atoms with Crippen LogP contribution in [0.15, 0.2) is 18.2 Å². The van der Waals surface area contributed by atoms with Gasteiger partial charge in [0.15, 0.2) is 6.61 Å². The van der Waals surface area contributed by atoms with Crippen LogP contribution in [0.25, 0.3) is 0 Å². The first-order valence-corrected chi connectivity index (χ1v) is 8.51. The van der Waals surface area contributed by atoms with E-state index >= 15 is 0 Å². The fourth-order valence-electron chi connectivity index (χ4n) is 2.61. The fourth-order valence-corrected chi connectivity index (χ4v) is 2.85. The first kappa shape index (κ1) is 19.8. The summed E-state index contributed by atoms with van der Waals surface area (Å²) in [6, 6.07) is 4.68. The van der Waals surface area contributed by atoms with Crippen LogP contribution in [0.4, 0.5) is 5.69 Å². The highest BCUT2D eigenvalue weighted by molar-refractivity contribution is 6.32. The van der Waals surface area contributed by atoms with Crippen LogP contribution in [0.2, 0.25) is 5.02 Å². The van der Waals surface area contributed by atoms with Gasteiger partial charge in [-0.25, -0.2) is 4.79 Å². The molecular formula is C18H22ClN3O4. The van der Waals surface area contributed by atoms with Crippen molar-refractivity contribution in [2.24, 2.45) is 13.0 Å². The molecule has 2 rings (SSSR count). The summed E-state index contributed by atoms with van der Waals surface area (Å²) in [6.07, 6.45) is 0.588. The Bertz CT molecular complexity index is 832. The summed E-state index contributed by atoms with van der Waals surface area (Å²) >= 11 is 6.07. The summed E-state index contributed by atoms with van der Waals surface area (Å²) in [6.45, 7) is 5.29. The van der Waals surface area contributed by atoms with Gasteiger partial charge >= 0.3 is 5.97 Å². The number of hydrogen-bond acceptors (Lipinski definition) is 4. The molecule has 1 unspecified atom stereocenters. The van der Waals surface area contributed by atoms with E-state index in [0.717, 1.165) is 17.0 Å². The van der Waals surface area contributed by atoms with E-state index in [1.807, 2.05) is 32.5 Å². The van der Waals surface area contributed by atoms with Crippen LogP contribution in [-0.4, -0.2) is 33.4 Å². The Hall–Kier alpha value is -2.54. The van der Waals surface area contributed by atoms with Gasteiger partial charge in [0.2, 0.25) is 5.91 Å². The van der Waals surface area contributed by atoms with E-state index in [1.165, 1.54) is 12.1 Å². The number of nitrogens with one attached hydrogen (secondary N) is 1. The second-order valence-corrected chi connectivity index (χ2v) is 6.60. The Morgan fingerprint density at radius 1 is 1.38 bits per heavy atom. The van der Waals surface area contributed by atoms with E-state index in [4.69, 9.17) is 21.4 Å². The van der Waals surface area contributed by atoms with Crippen LogP contribution in [0.5, 0.6) is 5.75 Å².